The van der Waals surface area contributed by atoms with E-state index in [1.807, 2.05) is 13.8 Å². The number of carbonyl (C=O) groups excluding carboxylic acids is 10. The van der Waals surface area contributed by atoms with Gasteiger partial charge in [0, 0.05) is 50.9 Å². The van der Waals surface area contributed by atoms with Crippen molar-refractivity contribution in [2.45, 2.75) is 133 Å². The molecule has 4 bridgehead atoms. The summed E-state index contributed by atoms with van der Waals surface area (Å²) in [6, 6.07) is 0. The van der Waals surface area contributed by atoms with E-state index in [1.165, 1.54) is 18.7 Å². The number of thioether (sulfide) groups is 2. The van der Waals surface area contributed by atoms with Gasteiger partial charge in [0.15, 0.2) is 5.78 Å². The number of fused-ring (bicyclic) bond motifs is 4. The van der Waals surface area contributed by atoms with Gasteiger partial charge < -0.3 is 61.9 Å². The van der Waals surface area contributed by atoms with Gasteiger partial charge >= 0.3 is 54.1 Å². The summed E-state index contributed by atoms with van der Waals surface area (Å²) in [5.41, 5.74) is -3.85. The van der Waals surface area contributed by atoms with Crippen LogP contribution in [-0.2, 0) is 95.2 Å². The molecule has 0 saturated heterocycles. The average Bonchev–Trinajstić information content (AvgIpc) is 1.69. The molecule has 0 amide bonds. The lowest BCUT2D eigenvalue weighted by molar-refractivity contribution is -0.203. The van der Waals surface area contributed by atoms with Crippen molar-refractivity contribution in [1.82, 2.24) is 0 Å². The summed E-state index contributed by atoms with van der Waals surface area (Å²) in [4.78, 5) is 128. The van der Waals surface area contributed by atoms with Gasteiger partial charge in [-0.25, -0.2) is 9.59 Å². The Labute approximate surface area is 550 Å². The molecule has 0 aromatic carbocycles. The van der Waals surface area contributed by atoms with Gasteiger partial charge in [0.1, 0.15) is 81.2 Å². The molecule has 1 N–H and O–H groups in total. The smallest absolute Gasteiger partial charge is 0.465 e. The van der Waals surface area contributed by atoms with E-state index in [9.17, 15) is 53.1 Å². The Morgan fingerprint density at radius 3 is 1.15 bits per heavy atom. The zero-order chi connectivity index (χ0) is 64.2. The van der Waals surface area contributed by atoms with E-state index < -0.39 is 135 Å². The zero-order valence-electron chi connectivity index (χ0n) is 49.5. The first-order valence-electron chi connectivity index (χ1n) is 28.9. The highest BCUT2D eigenvalue weighted by Crippen LogP contribution is 2.55. The lowest BCUT2D eigenvalue weighted by Crippen LogP contribution is -2.45. The molecule has 0 aromatic rings. The average molecular weight is 1380 g/mol. The summed E-state index contributed by atoms with van der Waals surface area (Å²) in [5, 5.41) is 11.5. The molecule has 0 radical (unpaired) electrons. The highest BCUT2D eigenvalue weighted by Gasteiger charge is 2.53. The molecular weight excluding hydrogens is 1300 g/mol. The van der Waals surface area contributed by atoms with Crippen LogP contribution in [-0.4, -0.2) is 193 Å². The Balaban J connectivity index is 1.22. The maximum Gasteiger partial charge on any atom is 0.509 e. The maximum atomic E-state index is 14.0. The van der Waals surface area contributed by atoms with Crippen LogP contribution in [0.2, 0.25) is 0 Å². The Hall–Kier alpha value is -2.78. The fourth-order valence-corrected chi connectivity index (χ4v) is 15.0. The second-order valence-electron chi connectivity index (χ2n) is 23.0. The van der Waals surface area contributed by atoms with Crippen molar-refractivity contribution in [2.24, 2.45) is 46.3 Å². The molecule has 0 aliphatic heterocycles. The van der Waals surface area contributed by atoms with Crippen LogP contribution in [0.5, 0.6) is 0 Å². The molecule has 4 aliphatic carbocycles. The van der Waals surface area contributed by atoms with Crippen LogP contribution in [0, 0.1) is 46.3 Å². The number of Topliss-reactive ketones (excluding diaryl/α,β-unsaturated/α-hetero) is 1. The van der Waals surface area contributed by atoms with Crippen LogP contribution in [0.15, 0.2) is 0 Å². The summed E-state index contributed by atoms with van der Waals surface area (Å²) in [7, 11) is 0. The molecule has 0 aromatic heterocycles. The Morgan fingerprint density at radius 2 is 0.793 bits per heavy atom. The standard InChI is InChI=1S/C56H86O23S8/c1-53(2,79-50(64)40-22-36-20-38(40)42(24-36)87-18-10-48(62)73-30-56(27-70-45(59)7-15-82,28-71-46(60)8-16-83)32-75-52(66)77-34-85)11-4-12-78-54(3,67)49(63)39-21-35-19-37(39)41(23-35)86-17-9-47(61)72-29-55(25-68-43(57)5-13-80,26-69-44(58)6-14-81)31-74-51(65)76-33-84/h35-42,67,80-85H,4-34H2,1-3H3. The summed E-state index contributed by atoms with van der Waals surface area (Å²) < 4.78 is 64.7. The first-order valence-corrected chi connectivity index (χ1v) is 34.8. The normalized spacial score (nSPS) is 21.9. The fourth-order valence-electron chi connectivity index (χ4n) is 11.0. The molecule has 31 heteroatoms. The van der Waals surface area contributed by atoms with E-state index in [0.717, 1.165) is 25.7 Å². The third-order valence-electron chi connectivity index (χ3n) is 15.4. The second-order valence-corrected chi connectivity index (χ2v) is 28.0. The van der Waals surface area contributed by atoms with Gasteiger partial charge in [0.25, 0.3) is 0 Å². The lowest BCUT2D eigenvalue weighted by Gasteiger charge is -2.34. The largest absolute Gasteiger partial charge is 0.509 e. The highest BCUT2D eigenvalue weighted by atomic mass is 32.2. The maximum absolute atomic E-state index is 14.0. The topological polar surface area (TPSA) is 302 Å². The quantitative estimate of drug-likeness (QED) is 0.0106. The minimum atomic E-state index is -2.07. The van der Waals surface area contributed by atoms with Crippen molar-refractivity contribution >= 4 is 159 Å². The van der Waals surface area contributed by atoms with E-state index in [0.29, 0.717) is 43.1 Å². The number of carbonyl (C=O) groups is 10. The van der Waals surface area contributed by atoms with Crippen LogP contribution in [0.25, 0.3) is 0 Å². The minimum Gasteiger partial charge on any atom is -0.465 e. The molecule has 4 rings (SSSR count). The predicted octanol–water partition coefficient (Wildman–Crippen LogP) is 7.05. The van der Waals surface area contributed by atoms with Gasteiger partial charge in [-0.2, -0.15) is 74.0 Å². The van der Waals surface area contributed by atoms with E-state index >= 15 is 0 Å². The first-order chi connectivity index (χ1) is 41.3. The van der Waals surface area contributed by atoms with Crippen molar-refractivity contribution in [1.29, 1.82) is 0 Å². The number of hydrogen-bond acceptors (Lipinski definition) is 31. The SMILES string of the molecule is CC(C)(CCCOC(C)(O)C(=O)C1CC2CC(SCCC(=O)OCC(COC(=O)CCS)(COC(=O)CCS)COC(=O)OCS)C1C2)OC(=O)C1CC2CC(SCCC(=O)OCC(COC(=O)CCS)(COC(=O)CCS)COC(=O)OCS)C1C2. The monoisotopic (exact) mass is 1380 g/mol. The molecule has 9 unspecified atom stereocenters. The van der Waals surface area contributed by atoms with Gasteiger partial charge in [0.05, 0.1) is 51.0 Å². The molecule has 0 heterocycles. The van der Waals surface area contributed by atoms with Gasteiger partial charge in [0.2, 0.25) is 5.79 Å². The summed E-state index contributed by atoms with van der Waals surface area (Å²) in [6.07, 6.45) is 3.07. The van der Waals surface area contributed by atoms with Crippen LogP contribution in [0.3, 0.4) is 0 Å². The predicted molar refractivity (Wildman–Crippen MR) is 338 cm³/mol. The Morgan fingerprint density at radius 1 is 0.448 bits per heavy atom. The molecule has 4 fully saturated rings. The number of ether oxygens (including phenoxy) is 12. The number of aliphatic hydroxyl groups is 1. The van der Waals surface area contributed by atoms with Gasteiger partial charge in [-0.05, 0) is 95.8 Å². The summed E-state index contributed by atoms with van der Waals surface area (Å²) >= 11 is 27.0. The molecule has 496 valence electrons. The van der Waals surface area contributed by atoms with Gasteiger partial charge in [-0.15, -0.1) is 25.3 Å². The van der Waals surface area contributed by atoms with Crippen molar-refractivity contribution in [3.8, 4) is 0 Å². The number of ketones is 1. The molecule has 23 nitrogen and oxygen atoms in total. The molecular formula is C56H86O23S8. The number of thiol groups is 6. The molecule has 9 atom stereocenters. The van der Waals surface area contributed by atoms with Gasteiger partial charge in [-0.3, -0.25) is 38.4 Å². The molecule has 0 spiro atoms. The van der Waals surface area contributed by atoms with Crippen molar-refractivity contribution in [3.63, 3.8) is 0 Å². The molecule has 87 heavy (non-hydrogen) atoms. The van der Waals surface area contributed by atoms with Crippen molar-refractivity contribution < 1.29 is 110 Å². The van der Waals surface area contributed by atoms with E-state index in [1.54, 1.807) is 11.8 Å². The third kappa shape index (κ3) is 26.8. The van der Waals surface area contributed by atoms with Gasteiger partial charge in [-0.1, -0.05) is 0 Å². The summed E-state index contributed by atoms with van der Waals surface area (Å²) in [5.74, 6) is -5.76. The van der Waals surface area contributed by atoms with Crippen LogP contribution >= 0.6 is 99.3 Å². The third-order valence-corrected chi connectivity index (χ3v) is 19.4. The molecule has 4 aliphatic rings. The zero-order valence-corrected chi connectivity index (χ0v) is 56.5. The fraction of sp³-hybridized carbons (Fsp3) is 0.821. The minimum absolute atomic E-state index is 0.00859. The molecule has 4 saturated carbocycles. The Bertz CT molecular complexity index is 2170. The van der Waals surface area contributed by atoms with Crippen molar-refractivity contribution in [3.05, 3.63) is 0 Å². The number of hydrogen-bond donors (Lipinski definition) is 7. The van der Waals surface area contributed by atoms with Crippen molar-refractivity contribution in [2.75, 3.05) is 106 Å². The van der Waals surface area contributed by atoms with Crippen LogP contribution < -0.4 is 0 Å². The van der Waals surface area contributed by atoms with E-state index in [4.69, 9.17) is 56.8 Å². The number of esters is 7. The highest BCUT2D eigenvalue weighted by molar-refractivity contribution is 8.00. The van der Waals surface area contributed by atoms with Crippen LogP contribution in [0.4, 0.5) is 9.59 Å². The second kappa shape index (κ2) is 38.9. The van der Waals surface area contributed by atoms with E-state index in [2.05, 4.69) is 75.8 Å². The summed E-state index contributed by atoms with van der Waals surface area (Å²) in [6.45, 7) is 1.40. The van der Waals surface area contributed by atoms with Crippen LogP contribution in [0.1, 0.15) is 111 Å². The first kappa shape index (κ1) is 76.7. The number of rotatable bonds is 43. The Kier molecular flexibility index (Phi) is 34.3. The van der Waals surface area contributed by atoms with E-state index in [-0.39, 0.29) is 120 Å². The lowest BCUT2D eigenvalue weighted by atomic mass is 9.82.